The molecule has 12 heteroatoms. The van der Waals surface area contributed by atoms with Gasteiger partial charge in [0.25, 0.3) is 0 Å². The summed E-state index contributed by atoms with van der Waals surface area (Å²) in [5.41, 5.74) is 0. The van der Waals surface area contributed by atoms with Crippen LogP contribution in [0.25, 0.3) is 0 Å². The summed E-state index contributed by atoms with van der Waals surface area (Å²) in [6, 6.07) is -2.63. The number of carboxylic acids is 1. The first kappa shape index (κ1) is 26.4. The first-order chi connectivity index (χ1) is 17.0. The number of Topliss-reactive ketones (excluding diaryl/α,β-unsaturated/α-hetero) is 1. The maximum absolute atomic E-state index is 13.4. The summed E-state index contributed by atoms with van der Waals surface area (Å²) in [6.45, 7) is 5.87. The highest BCUT2D eigenvalue weighted by Crippen LogP contribution is 2.57. The zero-order chi connectivity index (χ0) is 26.4. The van der Waals surface area contributed by atoms with E-state index in [-0.39, 0.29) is 30.0 Å². The highest BCUT2D eigenvalue weighted by molar-refractivity contribution is 8.01. The fraction of sp³-hybridized carbons (Fsp3) is 0.750. The summed E-state index contributed by atoms with van der Waals surface area (Å²) in [7, 11) is 0. The van der Waals surface area contributed by atoms with Gasteiger partial charge in [-0.3, -0.25) is 24.1 Å². The van der Waals surface area contributed by atoms with Crippen LogP contribution in [0.5, 0.6) is 0 Å². The third kappa shape index (κ3) is 4.59. The van der Waals surface area contributed by atoms with Crippen molar-refractivity contribution in [3.8, 4) is 0 Å². The van der Waals surface area contributed by atoms with Crippen LogP contribution in [-0.2, 0) is 24.0 Å². The van der Waals surface area contributed by atoms with Crippen molar-refractivity contribution < 1.29 is 33.9 Å². The quantitative estimate of drug-likeness (QED) is 0.434. The number of nitrogens with zero attached hydrogens (tertiary/aromatic N) is 2. The number of ketones is 1. The van der Waals surface area contributed by atoms with Crippen LogP contribution in [0.4, 0.5) is 4.79 Å². The fourth-order valence-corrected chi connectivity index (χ4v) is 7.91. The smallest absolute Gasteiger partial charge is 0.325 e. The first-order valence-corrected chi connectivity index (χ1v) is 13.5. The number of piperazine rings is 1. The van der Waals surface area contributed by atoms with E-state index in [1.54, 1.807) is 20.8 Å². The van der Waals surface area contributed by atoms with Crippen LogP contribution in [-0.4, -0.2) is 87.0 Å². The molecule has 2 aliphatic heterocycles. The minimum atomic E-state index is -1.27. The Hall–Kier alpha value is -2.63. The molecule has 2 N–H and O–H groups in total. The van der Waals surface area contributed by atoms with E-state index in [0.29, 0.717) is 19.4 Å². The molecule has 0 bridgehead atoms. The summed E-state index contributed by atoms with van der Waals surface area (Å²) in [5, 5.41) is 16.7. The number of likely N-dealkylation sites (N-methyl/N-ethyl adjacent to an activating group) is 1. The van der Waals surface area contributed by atoms with Crippen molar-refractivity contribution in [2.24, 2.45) is 17.8 Å². The van der Waals surface area contributed by atoms with Gasteiger partial charge in [0.2, 0.25) is 5.91 Å². The van der Waals surface area contributed by atoms with Gasteiger partial charge < -0.3 is 25.4 Å². The molecule has 198 valence electrons. The van der Waals surface area contributed by atoms with Crippen LogP contribution in [0.3, 0.4) is 0 Å². The zero-order valence-corrected chi connectivity index (χ0v) is 21.6. The van der Waals surface area contributed by atoms with Gasteiger partial charge in [-0.15, -0.1) is 11.8 Å². The van der Waals surface area contributed by atoms with E-state index in [1.807, 2.05) is 0 Å². The van der Waals surface area contributed by atoms with Gasteiger partial charge >= 0.3 is 17.8 Å². The standard InChI is InChI=1S/C24H34N4O7S/c1-4-27-10-11-28(21(32)20(27)31)23(35)26-15(12-8-6-5-7-9-12)19(30)25-16-17(29)13-14(22(33)34)24(2,3)36-18(13)16/h12-16,18H,4-11H2,1-3H3,(H,25,30)(H,26,35)(H,33,34)/p-1/t13?,14-,15?,16+,18-/m0/s1. The SMILES string of the molecule is CCN1CCN(C(=O)NC(C(=O)N[C@@H]2C(=O)C3[C@@H](C(=O)[O-])C(C)(C)S[C@@H]32)C2CCCCC2)C(=O)C1=O. The van der Waals surface area contributed by atoms with E-state index in [9.17, 15) is 33.9 Å². The molecule has 4 aliphatic rings. The Morgan fingerprint density at radius 2 is 1.75 bits per heavy atom. The monoisotopic (exact) mass is 521 g/mol. The molecular weight excluding hydrogens is 488 g/mol. The lowest BCUT2D eigenvalue weighted by Crippen LogP contribution is -2.67. The summed E-state index contributed by atoms with van der Waals surface area (Å²) in [4.78, 5) is 77.9. The number of urea groups is 1. The molecule has 2 saturated carbocycles. The summed E-state index contributed by atoms with van der Waals surface area (Å²) < 4.78 is -0.714. The zero-order valence-electron chi connectivity index (χ0n) is 20.8. The number of hydrogen-bond acceptors (Lipinski definition) is 8. The minimum absolute atomic E-state index is 0.0322. The predicted molar refractivity (Wildman–Crippen MR) is 127 cm³/mol. The number of aliphatic carboxylic acids is 1. The third-order valence-corrected chi connectivity index (χ3v) is 9.73. The number of amides is 5. The van der Waals surface area contributed by atoms with Crippen molar-refractivity contribution in [1.82, 2.24) is 20.4 Å². The molecule has 0 aromatic rings. The molecule has 0 spiro atoms. The van der Waals surface area contributed by atoms with Gasteiger partial charge in [0.15, 0.2) is 5.78 Å². The van der Waals surface area contributed by atoms with Gasteiger partial charge in [-0.25, -0.2) is 4.79 Å². The largest absolute Gasteiger partial charge is 0.550 e. The molecule has 11 nitrogen and oxygen atoms in total. The Morgan fingerprint density at radius 1 is 1.08 bits per heavy atom. The second kappa shape index (κ2) is 10.0. The number of rotatable bonds is 6. The van der Waals surface area contributed by atoms with Crippen molar-refractivity contribution in [2.75, 3.05) is 19.6 Å². The Bertz CT molecular complexity index is 980. The number of carbonyl (C=O) groups excluding carboxylic acids is 6. The van der Waals surface area contributed by atoms with Crippen LogP contribution < -0.4 is 15.7 Å². The van der Waals surface area contributed by atoms with E-state index in [4.69, 9.17) is 0 Å². The minimum Gasteiger partial charge on any atom is -0.550 e. The number of carbonyl (C=O) groups is 6. The molecule has 2 unspecified atom stereocenters. The van der Waals surface area contributed by atoms with Gasteiger partial charge in [0.05, 0.1) is 0 Å². The molecule has 2 aliphatic carbocycles. The second-order valence-electron chi connectivity index (χ2n) is 10.6. The van der Waals surface area contributed by atoms with E-state index in [0.717, 1.165) is 24.2 Å². The number of hydrogen-bond donors (Lipinski definition) is 2. The summed E-state index contributed by atoms with van der Waals surface area (Å²) in [6.07, 6.45) is 4.21. The van der Waals surface area contributed by atoms with Gasteiger partial charge in [0, 0.05) is 47.4 Å². The van der Waals surface area contributed by atoms with Crippen LogP contribution in [0, 0.1) is 17.8 Å². The molecule has 4 rings (SSSR count). The average Bonchev–Trinajstić information content (AvgIpc) is 3.10. The molecule has 36 heavy (non-hydrogen) atoms. The van der Waals surface area contributed by atoms with Gasteiger partial charge in [0.1, 0.15) is 12.1 Å². The van der Waals surface area contributed by atoms with Gasteiger partial charge in [-0.1, -0.05) is 33.1 Å². The van der Waals surface area contributed by atoms with Crippen LogP contribution in [0.2, 0.25) is 0 Å². The highest BCUT2D eigenvalue weighted by atomic mass is 32.2. The summed E-state index contributed by atoms with van der Waals surface area (Å²) >= 11 is 1.36. The van der Waals surface area contributed by atoms with Gasteiger partial charge in [-0.2, -0.15) is 0 Å². The maximum Gasteiger partial charge on any atom is 0.325 e. The van der Waals surface area contributed by atoms with E-state index < -0.39 is 58.4 Å². The average molecular weight is 522 g/mol. The van der Waals surface area contributed by atoms with Crippen molar-refractivity contribution in [2.45, 2.75) is 75.0 Å². The van der Waals surface area contributed by atoms with E-state index >= 15 is 0 Å². The van der Waals surface area contributed by atoms with Crippen LogP contribution in [0.15, 0.2) is 0 Å². The molecule has 0 radical (unpaired) electrons. The topological polar surface area (TPSA) is 156 Å². The number of imide groups is 1. The van der Waals surface area contributed by atoms with Crippen molar-refractivity contribution in [1.29, 1.82) is 0 Å². The molecular formula is C24H33N4O7S-. The highest BCUT2D eigenvalue weighted by Gasteiger charge is 2.64. The second-order valence-corrected chi connectivity index (χ2v) is 12.4. The molecule has 0 aromatic carbocycles. The normalized spacial score (nSPS) is 30.9. The molecule has 4 fully saturated rings. The Kier molecular flexibility index (Phi) is 7.36. The van der Waals surface area contributed by atoms with Crippen LogP contribution in [0.1, 0.15) is 52.9 Å². The molecule has 5 amide bonds. The first-order valence-electron chi connectivity index (χ1n) is 12.6. The molecule has 0 aromatic heterocycles. The number of nitrogens with one attached hydrogen (secondary N) is 2. The number of carboxylic acid groups (broad SMARTS) is 1. The van der Waals surface area contributed by atoms with Crippen molar-refractivity contribution >= 4 is 47.3 Å². The number of fused-ring (bicyclic) bond motifs is 1. The Labute approximate surface area is 214 Å². The lowest BCUT2D eigenvalue weighted by molar-refractivity contribution is -0.314. The van der Waals surface area contributed by atoms with E-state index in [2.05, 4.69) is 10.6 Å². The van der Waals surface area contributed by atoms with Crippen LogP contribution >= 0.6 is 11.8 Å². The lowest BCUT2D eigenvalue weighted by Gasteiger charge is -2.42. The third-order valence-electron chi connectivity index (χ3n) is 8.04. The molecule has 5 atom stereocenters. The van der Waals surface area contributed by atoms with E-state index in [1.165, 1.54) is 16.7 Å². The number of thioether (sulfide) groups is 1. The predicted octanol–water partition coefficient (Wildman–Crippen LogP) is -0.721. The fourth-order valence-electron chi connectivity index (χ4n) is 6.04. The van der Waals surface area contributed by atoms with Gasteiger partial charge in [-0.05, 0) is 25.7 Å². The summed E-state index contributed by atoms with van der Waals surface area (Å²) in [5.74, 6) is -5.67. The Balaban J connectivity index is 1.47. The Morgan fingerprint density at radius 3 is 2.36 bits per heavy atom. The van der Waals surface area contributed by atoms with Crippen molar-refractivity contribution in [3.63, 3.8) is 0 Å². The molecule has 2 heterocycles. The molecule has 2 saturated heterocycles. The lowest BCUT2D eigenvalue weighted by atomic mass is 9.67. The maximum atomic E-state index is 13.4. The van der Waals surface area contributed by atoms with Crippen molar-refractivity contribution in [3.05, 3.63) is 0 Å².